The fourth-order valence-electron chi connectivity index (χ4n) is 2.28. The minimum Gasteiger partial charge on any atom is -0.350 e. The van der Waals surface area contributed by atoms with E-state index in [2.05, 4.69) is 10.3 Å². The number of hydrogen-bond acceptors (Lipinski definition) is 1. The molecule has 0 unspecified atom stereocenters. The second-order valence-corrected chi connectivity index (χ2v) is 5.09. The van der Waals surface area contributed by atoms with Gasteiger partial charge in [-0.3, -0.25) is 4.79 Å². The van der Waals surface area contributed by atoms with Crippen molar-refractivity contribution in [1.29, 1.82) is 0 Å². The van der Waals surface area contributed by atoms with Gasteiger partial charge in [-0.2, -0.15) is 0 Å². The van der Waals surface area contributed by atoms with Gasteiger partial charge in [0.2, 0.25) is 0 Å². The third-order valence-electron chi connectivity index (χ3n) is 3.54. The Morgan fingerprint density at radius 3 is 2.84 bits per heavy atom. The zero-order chi connectivity index (χ0) is 13.6. The van der Waals surface area contributed by atoms with Crippen molar-refractivity contribution >= 4 is 16.8 Å². The minimum absolute atomic E-state index is 0.264. The predicted molar refractivity (Wildman–Crippen MR) is 68.0 cm³/mol. The molecule has 2 aromatic rings. The highest BCUT2D eigenvalue weighted by atomic mass is 19.1. The Morgan fingerprint density at radius 1 is 1.42 bits per heavy atom. The zero-order valence-electron chi connectivity index (χ0n) is 10.5. The Hall–Kier alpha value is -1.91. The van der Waals surface area contributed by atoms with Crippen LogP contribution in [0.15, 0.2) is 12.1 Å². The van der Waals surface area contributed by atoms with Crippen LogP contribution in [0.3, 0.4) is 0 Å². The number of H-pyrrole nitrogens is 1. The molecule has 0 atom stereocenters. The summed E-state index contributed by atoms with van der Waals surface area (Å²) in [5.74, 6) is -0.996. The molecule has 2 N–H and O–H groups in total. The van der Waals surface area contributed by atoms with Crippen molar-refractivity contribution in [1.82, 2.24) is 10.3 Å². The number of carbonyl (C=O) groups is 1. The first-order valence-electron chi connectivity index (χ1n) is 6.32. The van der Waals surface area contributed by atoms with E-state index in [1.54, 1.807) is 6.92 Å². The monoisotopic (exact) mass is 264 g/mol. The second-order valence-electron chi connectivity index (χ2n) is 5.09. The van der Waals surface area contributed by atoms with Gasteiger partial charge in [0.05, 0.1) is 5.52 Å². The fraction of sp³-hybridized carbons (Fsp3) is 0.357. The van der Waals surface area contributed by atoms with Gasteiger partial charge in [-0.15, -0.1) is 0 Å². The summed E-state index contributed by atoms with van der Waals surface area (Å²) in [4.78, 5) is 14.8. The maximum atomic E-state index is 13.7. The third-order valence-corrected chi connectivity index (χ3v) is 3.54. The van der Waals surface area contributed by atoms with Gasteiger partial charge in [-0.1, -0.05) is 0 Å². The first kappa shape index (κ1) is 12.1. The lowest BCUT2D eigenvalue weighted by Gasteiger charge is -2.02. The molecule has 0 saturated heterocycles. The molecule has 1 aromatic heterocycles. The molecule has 1 aliphatic carbocycles. The molecule has 1 amide bonds. The number of halogens is 2. The van der Waals surface area contributed by atoms with E-state index in [4.69, 9.17) is 0 Å². The van der Waals surface area contributed by atoms with Crippen molar-refractivity contribution < 1.29 is 13.6 Å². The van der Waals surface area contributed by atoms with Crippen LogP contribution in [0, 0.1) is 24.5 Å². The van der Waals surface area contributed by atoms with Gasteiger partial charge in [-0.05, 0) is 37.3 Å². The largest absolute Gasteiger partial charge is 0.350 e. The van der Waals surface area contributed by atoms with Gasteiger partial charge in [0.1, 0.15) is 17.3 Å². The highest BCUT2D eigenvalue weighted by Crippen LogP contribution is 2.28. The Labute approximate surface area is 109 Å². The van der Waals surface area contributed by atoms with E-state index in [0.717, 1.165) is 18.9 Å². The molecule has 1 saturated carbocycles. The Bertz CT molecular complexity index is 659. The summed E-state index contributed by atoms with van der Waals surface area (Å²) in [7, 11) is 0. The number of amides is 1. The summed E-state index contributed by atoms with van der Waals surface area (Å²) >= 11 is 0. The van der Waals surface area contributed by atoms with E-state index in [1.165, 1.54) is 6.07 Å². The van der Waals surface area contributed by atoms with Gasteiger partial charge >= 0.3 is 0 Å². The van der Waals surface area contributed by atoms with Gasteiger partial charge < -0.3 is 10.3 Å². The number of rotatable bonds is 3. The predicted octanol–water partition coefficient (Wildman–Crippen LogP) is 2.89. The van der Waals surface area contributed by atoms with E-state index < -0.39 is 11.6 Å². The first-order valence-corrected chi connectivity index (χ1v) is 6.32. The van der Waals surface area contributed by atoms with E-state index in [9.17, 15) is 13.6 Å². The SMILES string of the molecule is Cc1c(C(=O)NCC2CC2)[nH]c2cc(F)cc(F)c12. The molecule has 0 bridgehead atoms. The topological polar surface area (TPSA) is 44.9 Å². The van der Waals surface area contributed by atoms with Crippen molar-refractivity contribution in [3.05, 3.63) is 35.0 Å². The lowest BCUT2D eigenvalue weighted by atomic mass is 10.1. The van der Waals surface area contributed by atoms with Gasteiger partial charge in [0.15, 0.2) is 0 Å². The number of aromatic nitrogens is 1. The van der Waals surface area contributed by atoms with Crippen LogP contribution in [0.5, 0.6) is 0 Å². The number of hydrogen-bond donors (Lipinski definition) is 2. The van der Waals surface area contributed by atoms with Crippen LogP contribution in [0.1, 0.15) is 28.9 Å². The quantitative estimate of drug-likeness (QED) is 0.879. The lowest BCUT2D eigenvalue weighted by molar-refractivity contribution is 0.0947. The van der Waals surface area contributed by atoms with Crippen LogP contribution in [-0.4, -0.2) is 17.4 Å². The van der Waals surface area contributed by atoms with Gasteiger partial charge in [0, 0.05) is 18.0 Å². The smallest absolute Gasteiger partial charge is 0.268 e. The molecule has 1 aliphatic rings. The van der Waals surface area contributed by atoms with Crippen LogP contribution in [0.2, 0.25) is 0 Å². The lowest BCUT2D eigenvalue weighted by Crippen LogP contribution is -2.26. The molecule has 100 valence electrons. The molecule has 19 heavy (non-hydrogen) atoms. The molecule has 3 rings (SSSR count). The Balaban J connectivity index is 1.96. The maximum Gasteiger partial charge on any atom is 0.268 e. The van der Waals surface area contributed by atoms with Crippen LogP contribution >= 0.6 is 0 Å². The number of nitrogens with one attached hydrogen (secondary N) is 2. The molecule has 0 aliphatic heterocycles. The molecule has 3 nitrogen and oxygen atoms in total. The molecule has 0 radical (unpaired) electrons. The summed E-state index contributed by atoms with van der Waals surface area (Å²) in [6.45, 7) is 2.30. The van der Waals surface area contributed by atoms with Crippen LogP contribution in [0.4, 0.5) is 8.78 Å². The number of aromatic amines is 1. The van der Waals surface area contributed by atoms with Crippen molar-refractivity contribution in [2.45, 2.75) is 19.8 Å². The molecule has 1 heterocycles. The number of benzene rings is 1. The summed E-state index contributed by atoms with van der Waals surface area (Å²) in [6, 6.07) is 2.03. The maximum absolute atomic E-state index is 13.7. The van der Waals surface area contributed by atoms with Crippen molar-refractivity contribution in [3.63, 3.8) is 0 Å². The summed E-state index contributed by atoms with van der Waals surface area (Å²) in [5, 5.41) is 3.09. The molecule has 0 spiro atoms. The average Bonchev–Trinajstić information content (AvgIpc) is 3.10. The van der Waals surface area contributed by atoms with Gasteiger partial charge in [-0.25, -0.2) is 8.78 Å². The van der Waals surface area contributed by atoms with Crippen molar-refractivity contribution in [3.8, 4) is 0 Å². The van der Waals surface area contributed by atoms with E-state index >= 15 is 0 Å². The zero-order valence-corrected chi connectivity index (χ0v) is 10.5. The van der Waals surface area contributed by atoms with Crippen LogP contribution in [0.25, 0.3) is 10.9 Å². The summed E-state index contributed by atoms with van der Waals surface area (Å²) in [6.07, 6.45) is 2.29. The standard InChI is InChI=1S/C14H14F2N2O/c1-7-12-10(16)4-9(15)5-11(12)18-13(7)14(19)17-6-8-2-3-8/h4-5,8,18H,2-3,6H2,1H3,(H,17,19). The number of aryl methyl sites for hydroxylation is 1. The minimum atomic E-state index is -0.656. The Morgan fingerprint density at radius 2 is 2.16 bits per heavy atom. The second kappa shape index (κ2) is 4.33. The van der Waals surface area contributed by atoms with E-state index in [0.29, 0.717) is 29.2 Å². The average molecular weight is 264 g/mol. The van der Waals surface area contributed by atoms with Crippen molar-refractivity contribution in [2.75, 3.05) is 6.54 Å². The number of carbonyl (C=O) groups excluding carboxylic acids is 1. The molecule has 1 aromatic carbocycles. The fourth-order valence-corrected chi connectivity index (χ4v) is 2.28. The molecule has 1 fully saturated rings. The number of fused-ring (bicyclic) bond motifs is 1. The van der Waals surface area contributed by atoms with Crippen LogP contribution in [-0.2, 0) is 0 Å². The van der Waals surface area contributed by atoms with Crippen molar-refractivity contribution in [2.24, 2.45) is 5.92 Å². The molecular formula is C14H14F2N2O. The summed E-state index contributed by atoms with van der Waals surface area (Å²) in [5.41, 5.74) is 1.13. The third kappa shape index (κ3) is 2.20. The van der Waals surface area contributed by atoms with Crippen LogP contribution < -0.4 is 5.32 Å². The van der Waals surface area contributed by atoms with E-state index in [1.807, 2.05) is 0 Å². The Kier molecular flexibility index (Phi) is 2.77. The highest BCUT2D eigenvalue weighted by Gasteiger charge is 2.23. The normalized spacial score (nSPS) is 14.9. The highest BCUT2D eigenvalue weighted by molar-refractivity contribution is 6.01. The van der Waals surface area contributed by atoms with E-state index in [-0.39, 0.29) is 11.3 Å². The molecule has 5 heteroatoms. The summed E-state index contributed by atoms with van der Waals surface area (Å²) < 4.78 is 26.9. The molecular weight excluding hydrogens is 250 g/mol. The first-order chi connectivity index (χ1) is 9.06. The van der Waals surface area contributed by atoms with Gasteiger partial charge in [0.25, 0.3) is 5.91 Å².